The standard InChI is InChI=1S/C22H27F2N3O4Si/c1-5-32(3,4)20-16(23)10-14(11-17(20)24)26-21(28)19-15-7-6-13(12-31-2)25-18(15)8-9-27(19)22(29)30/h6-7,10-11,19H,5,8-9,12H2,1-4H3,(H,26,28)(H,29,30)/t19-/m1/s1. The molecule has 0 fully saturated rings. The van der Waals surface area contributed by atoms with Crippen LogP contribution in [-0.2, 0) is 22.6 Å². The zero-order valence-electron chi connectivity index (χ0n) is 18.5. The van der Waals surface area contributed by atoms with E-state index in [-0.39, 0.29) is 24.0 Å². The normalized spacial score (nSPS) is 15.9. The number of anilines is 1. The van der Waals surface area contributed by atoms with E-state index in [0.29, 0.717) is 29.4 Å². The number of fused-ring (bicyclic) bond motifs is 1. The first-order chi connectivity index (χ1) is 15.1. The molecule has 1 aromatic heterocycles. The van der Waals surface area contributed by atoms with Gasteiger partial charge in [0.15, 0.2) is 0 Å². The van der Waals surface area contributed by atoms with Crippen molar-refractivity contribution in [3.05, 3.63) is 52.9 Å². The van der Waals surface area contributed by atoms with Gasteiger partial charge in [0.2, 0.25) is 0 Å². The molecule has 2 N–H and O–H groups in total. The van der Waals surface area contributed by atoms with Crippen LogP contribution in [0, 0.1) is 11.6 Å². The molecule has 0 unspecified atom stereocenters. The van der Waals surface area contributed by atoms with Crippen molar-refractivity contribution in [1.29, 1.82) is 0 Å². The lowest BCUT2D eigenvalue weighted by Gasteiger charge is -2.34. The second kappa shape index (κ2) is 9.33. The Kier molecular flexibility index (Phi) is 6.94. The first kappa shape index (κ1) is 23.8. The van der Waals surface area contributed by atoms with Gasteiger partial charge in [0.1, 0.15) is 17.7 Å². The second-order valence-corrected chi connectivity index (χ2v) is 13.4. The van der Waals surface area contributed by atoms with Gasteiger partial charge in [-0.2, -0.15) is 0 Å². The average molecular weight is 464 g/mol. The number of amides is 2. The lowest BCUT2D eigenvalue weighted by atomic mass is 9.96. The Morgan fingerprint density at radius 3 is 2.50 bits per heavy atom. The van der Waals surface area contributed by atoms with E-state index in [9.17, 15) is 23.5 Å². The van der Waals surface area contributed by atoms with Crippen molar-refractivity contribution in [3.8, 4) is 0 Å². The number of hydrogen-bond donors (Lipinski definition) is 2. The van der Waals surface area contributed by atoms with E-state index in [1.54, 1.807) is 12.1 Å². The Morgan fingerprint density at radius 2 is 1.94 bits per heavy atom. The minimum absolute atomic E-state index is 0.0592. The molecule has 1 aromatic carbocycles. The lowest BCUT2D eigenvalue weighted by Crippen LogP contribution is -2.46. The quantitative estimate of drug-likeness (QED) is 0.638. The van der Waals surface area contributed by atoms with Crippen molar-refractivity contribution >= 4 is 30.9 Å². The number of carbonyl (C=O) groups is 2. The molecule has 2 aromatic rings. The third-order valence-corrected chi connectivity index (χ3v) is 9.52. The van der Waals surface area contributed by atoms with Gasteiger partial charge >= 0.3 is 6.09 Å². The molecule has 32 heavy (non-hydrogen) atoms. The molecule has 0 radical (unpaired) electrons. The Balaban J connectivity index is 1.95. The number of halogens is 2. The van der Waals surface area contributed by atoms with Crippen molar-refractivity contribution in [1.82, 2.24) is 9.88 Å². The van der Waals surface area contributed by atoms with Gasteiger partial charge in [-0.25, -0.2) is 13.6 Å². The van der Waals surface area contributed by atoms with Crippen LogP contribution in [-0.4, -0.2) is 48.7 Å². The zero-order valence-corrected chi connectivity index (χ0v) is 19.5. The van der Waals surface area contributed by atoms with Crippen LogP contribution in [0.2, 0.25) is 19.1 Å². The minimum atomic E-state index is -2.29. The minimum Gasteiger partial charge on any atom is -0.465 e. The molecule has 1 atom stereocenters. The summed E-state index contributed by atoms with van der Waals surface area (Å²) in [6.45, 7) is 6.01. The molecule has 0 aliphatic carbocycles. The van der Waals surface area contributed by atoms with Crippen LogP contribution in [0.3, 0.4) is 0 Å². The monoisotopic (exact) mass is 463 g/mol. The van der Waals surface area contributed by atoms with Gasteiger partial charge in [-0.15, -0.1) is 0 Å². The number of pyridine rings is 1. The molecule has 0 saturated carbocycles. The van der Waals surface area contributed by atoms with Crippen molar-refractivity contribution in [3.63, 3.8) is 0 Å². The highest BCUT2D eigenvalue weighted by molar-refractivity contribution is 6.89. The predicted molar refractivity (Wildman–Crippen MR) is 119 cm³/mol. The maximum absolute atomic E-state index is 14.8. The summed E-state index contributed by atoms with van der Waals surface area (Å²) in [5.74, 6) is -2.11. The molecule has 1 aliphatic heterocycles. The molecule has 2 heterocycles. The van der Waals surface area contributed by atoms with Gasteiger partial charge in [-0.1, -0.05) is 32.1 Å². The highest BCUT2D eigenvalue weighted by Gasteiger charge is 2.37. The Hall–Kier alpha value is -2.85. The van der Waals surface area contributed by atoms with E-state index >= 15 is 0 Å². The summed E-state index contributed by atoms with van der Waals surface area (Å²) in [5.41, 5.74) is 1.64. The van der Waals surface area contributed by atoms with Crippen molar-refractivity contribution in [2.24, 2.45) is 0 Å². The van der Waals surface area contributed by atoms with Crippen LogP contribution in [0.5, 0.6) is 0 Å². The number of carbonyl (C=O) groups excluding carboxylic acids is 1. The summed E-state index contributed by atoms with van der Waals surface area (Å²) in [6, 6.07) is 4.98. The number of rotatable bonds is 6. The zero-order chi connectivity index (χ0) is 23.6. The highest BCUT2D eigenvalue weighted by atomic mass is 28.3. The number of carboxylic acid groups (broad SMARTS) is 1. The van der Waals surface area contributed by atoms with Crippen molar-refractivity contribution in [2.75, 3.05) is 19.0 Å². The van der Waals surface area contributed by atoms with Gasteiger partial charge in [0.25, 0.3) is 5.91 Å². The molecule has 7 nitrogen and oxygen atoms in total. The van der Waals surface area contributed by atoms with E-state index in [4.69, 9.17) is 4.74 Å². The summed E-state index contributed by atoms with van der Waals surface area (Å²) < 4.78 is 34.6. The summed E-state index contributed by atoms with van der Waals surface area (Å²) in [6.07, 6.45) is -0.919. The van der Waals surface area contributed by atoms with Gasteiger partial charge in [-0.3, -0.25) is 14.7 Å². The van der Waals surface area contributed by atoms with E-state index in [0.717, 1.165) is 17.0 Å². The molecule has 1 aliphatic rings. The van der Waals surface area contributed by atoms with Crippen molar-refractivity contribution < 1.29 is 28.2 Å². The second-order valence-electron chi connectivity index (χ2n) is 8.44. The highest BCUT2D eigenvalue weighted by Crippen LogP contribution is 2.31. The van der Waals surface area contributed by atoms with Crippen molar-refractivity contribution in [2.45, 2.75) is 45.1 Å². The van der Waals surface area contributed by atoms with Crippen LogP contribution in [0.1, 0.15) is 29.9 Å². The Labute approximate surface area is 186 Å². The number of ether oxygens (including phenoxy) is 1. The van der Waals surface area contributed by atoms with Crippen LogP contribution in [0.4, 0.5) is 19.3 Å². The fourth-order valence-corrected chi connectivity index (χ4v) is 5.72. The smallest absolute Gasteiger partial charge is 0.408 e. The Bertz CT molecular complexity index is 1020. The number of aromatic nitrogens is 1. The molecular formula is C22H27F2N3O4Si. The molecular weight excluding hydrogens is 436 g/mol. The summed E-state index contributed by atoms with van der Waals surface area (Å²) in [7, 11) is -0.752. The first-order valence-electron chi connectivity index (χ1n) is 10.4. The third kappa shape index (κ3) is 4.65. The first-order valence-corrected chi connectivity index (χ1v) is 13.6. The number of benzene rings is 1. The topological polar surface area (TPSA) is 91.8 Å². The van der Waals surface area contributed by atoms with Crippen LogP contribution in [0.25, 0.3) is 0 Å². The summed E-state index contributed by atoms with van der Waals surface area (Å²) in [5, 5.41) is 12.2. The van der Waals surface area contributed by atoms with E-state index in [2.05, 4.69) is 10.3 Å². The number of hydrogen-bond acceptors (Lipinski definition) is 4. The largest absolute Gasteiger partial charge is 0.465 e. The number of nitrogens with zero attached hydrogens (tertiary/aromatic N) is 2. The summed E-state index contributed by atoms with van der Waals surface area (Å²) >= 11 is 0. The number of methoxy groups -OCH3 is 1. The van der Waals surface area contributed by atoms with E-state index in [1.807, 2.05) is 20.0 Å². The van der Waals surface area contributed by atoms with Crippen LogP contribution < -0.4 is 10.5 Å². The summed E-state index contributed by atoms with van der Waals surface area (Å²) in [4.78, 5) is 30.4. The maximum atomic E-state index is 14.8. The molecule has 2 amide bonds. The SMILES string of the molecule is CC[Si](C)(C)c1c(F)cc(NC(=O)[C@H]2c3ccc(COC)nc3CCN2C(=O)O)cc1F. The molecule has 10 heteroatoms. The molecule has 3 rings (SSSR count). The maximum Gasteiger partial charge on any atom is 0.408 e. The van der Waals surface area contributed by atoms with E-state index in [1.165, 1.54) is 7.11 Å². The Morgan fingerprint density at radius 1 is 1.28 bits per heavy atom. The predicted octanol–water partition coefficient (Wildman–Crippen LogP) is 3.66. The van der Waals surface area contributed by atoms with Gasteiger partial charge in [0, 0.05) is 42.2 Å². The molecule has 0 bridgehead atoms. The van der Waals surface area contributed by atoms with Crippen LogP contribution in [0.15, 0.2) is 24.3 Å². The fourth-order valence-electron chi connectivity index (χ4n) is 3.93. The average Bonchev–Trinajstić information content (AvgIpc) is 2.72. The molecule has 0 spiro atoms. The lowest BCUT2D eigenvalue weighted by molar-refractivity contribution is -0.121. The third-order valence-electron chi connectivity index (χ3n) is 5.92. The van der Waals surface area contributed by atoms with E-state index < -0.39 is 37.8 Å². The molecule has 0 saturated heterocycles. The van der Waals surface area contributed by atoms with Gasteiger partial charge in [0.05, 0.1) is 20.4 Å². The number of nitrogens with one attached hydrogen (secondary N) is 1. The van der Waals surface area contributed by atoms with Gasteiger partial charge < -0.3 is 15.2 Å². The van der Waals surface area contributed by atoms with Crippen LogP contribution >= 0.6 is 0 Å². The molecule has 172 valence electrons. The fraction of sp³-hybridized carbons (Fsp3) is 0.409. The van der Waals surface area contributed by atoms with Gasteiger partial charge in [-0.05, 0) is 18.2 Å².